The standard InChI is InChI=1S/C60H75N3O9S2/c1-9-39(2)52(61)55(65)51(43-26-14-11-15-27-43)53(63-58(68)47(38-74(71,72)60(6,7)8)36-45-31-21-29-42-25-17-19-33-49(42)45)56(66)54(64)50(34-40-22-12-10-13-23-40)62-57(67)46(37-73(69,70)59(3,4)5)35-44-30-20-28-41-24-16-18-32-48(41)44/h10-33,39,46-47,50-54,56,64,66H,9,34-38,61H2,1-8H3,(H,62,67)(H,63,68)/t39-,46+,47+,50-,51?,52-,53-,54+,56+/m0/s1. The Hall–Kier alpha value is -5.77. The topological polar surface area (TPSA) is 210 Å². The number of aliphatic hydroxyl groups excluding tert-OH is 2. The lowest BCUT2D eigenvalue weighted by atomic mass is 9.77. The molecule has 0 saturated heterocycles. The molecule has 0 heterocycles. The van der Waals surface area contributed by atoms with Crippen LogP contribution in [0.4, 0.5) is 0 Å². The number of fused-ring (bicyclic) bond motifs is 2. The molecule has 1 unspecified atom stereocenters. The van der Waals surface area contributed by atoms with Crippen LogP contribution in [0, 0.1) is 17.8 Å². The predicted molar refractivity (Wildman–Crippen MR) is 297 cm³/mol. The number of rotatable bonds is 23. The van der Waals surface area contributed by atoms with Crippen LogP contribution < -0.4 is 16.4 Å². The first kappa shape index (κ1) is 57.5. The number of hydrogen-bond donors (Lipinski definition) is 5. The van der Waals surface area contributed by atoms with Crippen molar-refractivity contribution in [3.05, 3.63) is 168 Å². The minimum Gasteiger partial charge on any atom is -0.388 e. The molecule has 14 heteroatoms. The summed E-state index contributed by atoms with van der Waals surface area (Å²) in [5.41, 5.74) is 9.21. The third kappa shape index (κ3) is 13.9. The molecule has 9 atom stereocenters. The first-order chi connectivity index (χ1) is 34.8. The molecule has 0 aliphatic carbocycles. The van der Waals surface area contributed by atoms with E-state index in [1.54, 1.807) is 102 Å². The second kappa shape index (κ2) is 24.3. The fraction of sp³-hybridized carbons (Fsp3) is 0.417. The van der Waals surface area contributed by atoms with Gasteiger partial charge in [-0.05, 0) is 111 Å². The Morgan fingerprint density at radius 1 is 0.554 bits per heavy atom. The van der Waals surface area contributed by atoms with Crippen LogP contribution in [0.5, 0.6) is 0 Å². The van der Waals surface area contributed by atoms with E-state index < -0.39 is 106 Å². The Morgan fingerprint density at radius 3 is 1.43 bits per heavy atom. The van der Waals surface area contributed by atoms with Gasteiger partial charge in [0.05, 0.1) is 56.9 Å². The summed E-state index contributed by atoms with van der Waals surface area (Å²) in [5, 5.41) is 35.2. The van der Waals surface area contributed by atoms with Crippen LogP contribution in [-0.2, 0) is 53.3 Å². The van der Waals surface area contributed by atoms with Crippen molar-refractivity contribution in [2.75, 3.05) is 11.5 Å². The van der Waals surface area contributed by atoms with Crippen LogP contribution in [0.2, 0.25) is 0 Å². The number of nitrogens with two attached hydrogens (primary N) is 1. The summed E-state index contributed by atoms with van der Waals surface area (Å²) in [5.74, 6) is -7.33. The normalized spacial score (nSPS) is 16.3. The number of ketones is 1. The zero-order chi connectivity index (χ0) is 54.2. The molecule has 0 aliphatic rings. The molecule has 6 aromatic rings. The number of benzene rings is 6. The molecule has 6 N–H and O–H groups in total. The summed E-state index contributed by atoms with van der Waals surface area (Å²) < 4.78 is 53.8. The van der Waals surface area contributed by atoms with Gasteiger partial charge < -0.3 is 26.6 Å². The molecule has 12 nitrogen and oxygen atoms in total. The highest BCUT2D eigenvalue weighted by atomic mass is 32.2. The monoisotopic (exact) mass is 1050 g/mol. The molecule has 0 radical (unpaired) electrons. The molecule has 0 saturated carbocycles. The molecule has 74 heavy (non-hydrogen) atoms. The third-order valence-electron chi connectivity index (χ3n) is 14.6. The summed E-state index contributed by atoms with van der Waals surface area (Å²) in [6, 6.07) is 39.7. The molecule has 0 spiro atoms. The minimum absolute atomic E-state index is 0.0194. The molecule has 0 fully saturated rings. The molecule has 2 amide bonds. The maximum atomic E-state index is 15.3. The van der Waals surface area contributed by atoms with Crippen molar-refractivity contribution >= 4 is 58.8 Å². The first-order valence-corrected chi connectivity index (χ1v) is 28.9. The number of sulfone groups is 2. The average Bonchev–Trinajstić information content (AvgIpc) is 3.36. The SMILES string of the molecule is CC[C@H](C)[C@H](N)C(=O)C(c1ccccc1)[C@H](NC(=O)[C@H](Cc1cccc2ccccc12)CS(=O)(=O)C(C)(C)C)[C@@H](O)[C@H](O)[C@H](Cc1ccccc1)NC(=O)[C@H](Cc1cccc2ccccc12)CS(=O)(=O)C(C)(C)C. The zero-order valence-electron chi connectivity index (χ0n) is 43.9. The summed E-state index contributed by atoms with van der Waals surface area (Å²) in [6.45, 7) is 13.1. The van der Waals surface area contributed by atoms with Gasteiger partial charge in [-0.1, -0.05) is 166 Å². The van der Waals surface area contributed by atoms with E-state index >= 15 is 14.4 Å². The van der Waals surface area contributed by atoms with Crippen LogP contribution in [0.15, 0.2) is 146 Å². The lowest BCUT2D eigenvalue weighted by molar-refractivity contribution is -0.132. The van der Waals surface area contributed by atoms with Crippen molar-refractivity contribution in [1.82, 2.24) is 10.6 Å². The molecule has 6 aromatic carbocycles. The van der Waals surface area contributed by atoms with Crippen LogP contribution in [0.3, 0.4) is 0 Å². The van der Waals surface area contributed by atoms with E-state index in [1.165, 1.54) is 0 Å². The van der Waals surface area contributed by atoms with Crippen molar-refractivity contribution in [3.63, 3.8) is 0 Å². The van der Waals surface area contributed by atoms with Crippen molar-refractivity contribution in [2.24, 2.45) is 23.5 Å². The molecular formula is C60H75N3O9S2. The number of nitrogens with one attached hydrogen (secondary N) is 2. The van der Waals surface area contributed by atoms with Crippen molar-refractivity contribution in [3.8, 4) is 0 Å². The Balaban J connectivity index is 1.48. The van der Waals surface area contributed by atoms with Gasteiger partial charge in [0, 0.05) is 0 Å². The smallest absolute Gasteiger partial charge is 0.224 e. The van der Waals surface area contributed by atoms with E-state index in [0.29, 0.717) is 23.1 Å². The molecule has 0 bridgehead atoms. The highest BCUT2D eigenvalue weighted by Crippen LogP contribution is 2.32. The van der Waals surface area contributed by atoms with E-state index in [2.05, 4.69) is 10.6 Å². The Bertz CT molecular complexity index is 3090. The second-order valence-corrected chi connectivity index (χ2v) is 27.5. The first-order valence-electron chi connectivity index (χ1n) is 25.6. The lowest BCUT2D eigenvalue weighted by Crippen LogP contribution is -2.61. The number of carbonyl (C=O) groups excluding carboxylic acids is 3. The van der Waals surface area contributed by atoms with Gasteiger partial charge in [0.1, 0.15) is 12.2 Å². The van der Waals surface area contributed by atoms with Gasteiger partial charge in [0.15, 0.2) is 25.5 Å². The minimum atomic E-state index is -3.98. The second-order valence-electron chi connectivity index (χ2n) is 21.9. The molecular weight excluding hydrogens is 971 g/mol. The van der Waals surface area contributed by atoms with Crippen molar-refractivity contribution in [1.29, 1.82) is 0 Å². The van der Waals surface area contributed by atoms with Gasteiger partial charge in [0.2, 0.25) is 11.8 Å². The Morgan fingerprint density at radius 2 is 0.973 bits per heavy atom. The average molecular weight is 1050 g/mol. The highest BCUT2D eigenvalue weighted by molar-refractivity contribution is 7.93. The lowest BCUT2D eigenvalue weighted by Gasteiger charge is -2.38. The largest absolute Gasteiger partial charge is 0.388 e. The molecule has 0 aromatic heterocycles. The number of hydrogen-bond acceptors (Lipinski definition) is 10. The summed E-state index contributed by atoms with van der Waals surface area (Å²) >= 11 is 0. The molecule has 396 valence electrons. The fourth-order valence-electron chi connectivity index (χ4n) is 9.43. The van der Waals surface area contributed by atoms with E-state index in [4.69, 9.17) is 5.73 Å². The number of Topliss-reactive ketones (excluding diaryl/α,β-unsaturated/α-hetero) is 1. The summed E-state index contributed by atoms with van der Waals surface area (Å²) in [6.07, 6.45) is -3.53. The third-order valence-corrected chi connectivity index (χ3v) is 20.0. The number of amides is 2. The highest BCUT2D eigenvalue weighted by Gasteiger charge is 2.46. The van der Waals surface area contributed by atoms with Gasteiger partial charge in [0.25, 0.3) is 0 Å². The van der Waals surface area contributed by atoms with Gasteiger partial charge in [-0.2, -0.15) is 0 Å². The fourth-order valence-corrected chi connectivity index (χ4v) is 12.0. The molecule has 6 rings (SSSR count). The Labute approximate surface area is 438 Å². The summed E-state index contributed by atoms with van der Waals surface area (Å²) in [4.78, 5) is 45.4. The van der Waals surface area contributed by atoms with E-state index in [0.717, 1.165) is 27.1 Å². The maximum absolute atomic E-state index is 15.3. The predicted octanol–water partition coefficient (Wildman–Crippen LogP) is 8.10. The Kier molecular flexibility index (Phi) is 18.9. The van der Waals surface area contributed by atoms with Gasteiger partial charge in [-0.15, -0.1) is 0 Å². The number of aliphatic hydroxyl groups is 2. The molecule has 0 aliphatic heterocycles. The number of carbonyl (C=O) groups is 3. The van der Waals surface area contributed by atoms with E-state index in [-0.39, 0.29) is 25.2 Å². The van der Waals surface area contributed by atoms with Gasteiger partial charge >= 0.3 is 0 Å². The van der Waals surface area contributed by atoms with Crippen LogP contribution in [0.1, 0.15) is 90.0 Å². The van der Waals surface area contributed by atoms with Gasteiger partial charge in [-0.3, -0.25) is 14.4 Å². The van der Waals surface area contributed by atoms with Gasteiger partial charge in [-0.25, -0.2) is 16.8 Å². The van der Waals surface area contributed by atoms with Crippen LogP contribution in [0.25, 0.3) is 21.5 Å². The van der Waals surface area contributed by atoms with Crippen LogP contribution >= 0.6 is 0 Å². The summed E-state index contributed by atoms with van der Waals surface area (Å²) in [7, 11) is -7.90. The maximum Gasteiger partial charge on any atom is 0.224 e. The van der Waals surface area contributed by atoms with Crippen molar-refractivity contribution in [2.45, 2.75) is 127 Å². The van der Waals surface area contributed by atoms with Crippen LogP contribution in [-0.4, -0.2) is 96.0 Å². The quantitative estimate of drug-likeness (QED) is 0.0416. The van der Waals surface area contributed by atoms with Crippen molar-refractivity contribution < 1.29 is 41.4 Å². The zero-order valence-corrected chi connectivity index (χ0v) is 45.6. The van der Waals surface area contributed by atoms with E-state index in [9.17, 15) is 27.0 Å². The van der Waals surface area contributed by atoms with E-state index in [1.807, 2.05) is 98.8 Å².